The van der Waals surface area contributed by atoms with Crippen LogP contribution in [0.3, 0.4) is 0 Å². The van der Waals surface area contributed by atoms with Crippen LogP contribution < -0.4 is 5.73 Å². The average molecular weight is 497 g/mol. The Morgan fingerprint density at radius 3 is 2.24 bits per heavy atom. The van der Waals surface area contributed by atoms with Crippen molar-refractivity contribution in [2.45, 2.75) is 58.3 Å². The quantitative estimate of drug-likeness (QED) is 0.440. The average Bonchev–Trinajstić information content (AvgIpc) is 3.24. The minimum atomic E-state index is -0.449. The Morgan fingerprint density at radius 1 is 1.12 bits per heavy atom. The summed E-state index contributed by atoms with van der Waals surface area (Å²) in [6, 6.07) is 3.56. The third-order valence-electron chi connectivity index (χ3n) is 5.20. The third kappa shape index (κ3) is 11.6. The summed E-state index contributed by atoms with van der Waals surface area (Å²) in [6.07, 6.45) is 5.73. The predicted molar refractivity (Wildman–Crippen MR) is 129 cm³/mol. The van der Waals surface area contributed by atoms with Gasteiger partial charge >= 0.3 is 11.9 Å². The summed E-state index contributed by atoms with van der Waals surface area (Å²) >= 11 is 1.50. The van der Waals surface area contributed by atoms with E-state index in [-0.39, 0.29) is 12.4 Å². The highest BCUT2D eigenvalue weighted by atomic mass is 32.1. The van der Waals surface area contributed by atoms with Crippen LogP contribution in [0.25, 0.3) is 0 Å². The monoisotopic (exact) mass is 496 g/mol. The lowest BCUT2D eigenvalue weighted by Gasteiger charge is -2.20. The first-order valence-corrected chi connectivity index (χ1v) is 12.5. The number of carbonyl (C=O) groups excluding carboxylic acids is 3. The van der Waals surface area contributed by atoms with Crippen molar-refractivity contribution < 1.29 is 33.3 Å². The number of nitrogens with zero attached hydrogens (tertiary/aromatic N) is 1. The van der Waals surface area contributed by atoms with Crippen LogP contribution in [0.5, 0.6) is 0 Å². The van der Waals surface area contributed by atoms with Gasteiger partial charge in [-0.3, -0.25) is 4.79 Å². The van der Waals surface area contributed by atoms with E-state index < -0.39 is 5.97 Å². The van der Waals surface area contributed by atoms with Gasteiger partial charge in [-0.25, -0.2) is 4.79 Å². The fraction of sp³-hybridized carbons (Fsp3) is 0.667. The highest BCUT2D eigenvalue weighted by molar-refractivity contribution is 7.16. The van der Waals surface area contributed by atoms with E-state index in [4.69, 9.17) is 25.2 Å². The van der Waals surface area contributed by atoms with E-state index in [0.29, 0.717) is 35.6 Å². The van der Waals surface area contributed by atoms with Gasteiger partial charge in [0, 0.05) is 37.7 Å². The zero-order valence-electron chi connectivity index (χ0n) is 20.1. The molecule has 0 aliphatic carbocycles. The maximum absolute atomic E-state index is 11.6. The van der Waals surface area contributed by atoms with Gasteiger partial charge in [0.2, 0.25) is 0 Å². The van der Waals surface area contributed by atoms with Crippen LogP contribution in [0.4, 0.5) is 5.00 Å². The standard InChI is InChI=1S/C12H17NO3S.C7H12O2.C5H7NO2/c1-2-16-12(14)9-7-10(17-11(9)13)8-3-5-15-6-4-8;8-4-1-7-2-5-9-6-3-7;1-2-8-5(7)3-4-6/h7-8H,2-6,13H2,1H3;4,7H,1-3,5-6H2;2-3H2,1H3. The van der Waals surface area contributed by atoms with Crippen molar-refractivity contribution in [3.63, 3.8) is 0 Å². The van der Waals surface area contributed by atoms with Crippen LogP contribution in [-0.2, 0) is 28.5 Å². The van der Waals surface area contributed by atoms with Gasteiger partial charge in [-0.05, 0) is 57.4 Å². The Morgan fingerprint density at radius 2 is 1.71 bits per heavy atom. The van der Waals surface area contributed by atoms with Gasteiger partial charge in [-0.15, -0.1) is 11.3 Å². The van der Waals surface area contributed by atoms with Crippen LogP contribution in [0, 0.1) is 17.2 Å². The van der Waals surface area contributed by atoms with E-state index in [0.717, 1.165) is 64.8 Å². The van der Waals surface area contributed by atoms with Gasteiger partial charge in [0.15, 0.2) is 0 Å². The first kappa shape index (κ1) is 29.6. The smallest absolute Gasteiger partial charge is 0.341 e. The van der Waals surface area contributed by atoms with E-state index in [1.807, 2.05) is 6.07 Å². The molecule has 1 aromatic heterocycles. The molecule has 0 amide bonds. The van der Waals surface area contributed by atoms with Crippen LogP contribution in [0.2, 0.25) is 0 Å². The largest absolute Gasteiger partial charge is 0.465 e. The molecule has 10 heteroatoms. The second-order valence-corrected chi connectivity index (χ2v) is 8.75. The molecule has 1 aromatic rings. The molecule has 3 rings (SSSR count). The number of carbonyl (C=O) groups is 3. The topological polar surface area (TPSA) is 138 Å². The van der Waals surface area contributed by atoms with Gasteiger partial charge in [0.1, 0.15) is 17.7 Å². The molecule has 2 N–H and O–H groups in total. The zero-order valence-corrected chi connectivity index (χ0v) is 20.9. The molecule has 2 fully saturated rings. The molecule has 0 unspecified atom stereocenters. The van der Waals surface area contributed by atoms with E-state index >= 15 is 0 Å². The maximum Gasteiger partial charge on any atom is 0.341 e. The summed E-state index contributed by atoms with van der Waals surface area (Å²) in [4.78, 5) is 33.0. The Hall–Kier alpha value is -2.48. The first-order valence-electron chi connectivity index (χ1n) is 11.6. The molecule has 34 heavy (non-hydrogen) atoms. The fourth-order valence-corrected chi connectivity index (χ4v) is 4.46. The Balaban J connectivity index is 0.000000287. The lowest BCUT2D eigenvalue weighted by molar-refractivity contribution is -0.141. The number of esters is 2. The van der Waals surface area contributed by atoms with Crippen LogP contribution in [0.15, 0.2) is 6.07 Å². The van der Waals surface area contributed by atoms with Crippen LogP contribution in [0.1, 0.15) is 73.5 Å². The summed E-state index contributed by atoms with van der Waals surface area (Å²) in [6.45, 7) is 7.49. The van der Waals surface area contributed by atoms with Crippen molar-refractivity contribution in [3.8, 4) is 6.07 Å². The van der Waals surface area contributed by atoms with Crippen LogP contribution >= 0.6 is 11.3 Å². The number of aldehydes is 1. The molecule has 2 aliphatic rings. The lowest BCUT2D eigenvalue weighted by Crippen LogP contribution is -2.15. The summed E-state index contributed by atoms with van der Waals surface area (Å²) in [5.41, 5.74) is 6.38. The number of hydrogen-bond acceptors (Lipinski definition) is 10. The first-order chi connectivity index (χ1) is 16.5. The van der Waals surface area contributed by atoms with Gasteiger partial charge in [0.05, 0.1) is 24.8 Å². The molecule has 0 atom stereocenters. The number of hydrogen-bond donors (Lipinski definition) is 1. The molecular weight excluding hydrogens is 460 g/mol. The second kappa shape index (κ2) is 17.9. The fourth-order valence-electron chi connectivity index (χ4n) is 3.37. The number of rotatable bonds is 7. The number of nitrogens with two attached hydrogens (primary N) is 1. The minimum Gasteiger partial charge on any atom is -0.465 e. The van der Waals surface area contributed by atoms with Crippen molar-refractivity contribution in [1.29, 1.82) is 5.26 Å². The molecule has 0 aromatic carbocycles. The Bertz CT molecular complexity index is 779. The number of ether oxygens (including phenoxy) is 4. The highest BCUT2D eigenvalue weighted by Crippen LogP contribution is 2.36. The van der Waals surface area contributed by atoms with E-state index in [1.54, 1.807) is 19.9 Å². The summed E-state index contributed by atoms with van der Waals surface area (Å²) in [5, 5.41) is 8.47. The van der Waals surface area contributed by atoms with Crippen molar-refractivity contribution in [2.75, 3.05) is 45.4 Å². The molecule has 2 saturated heterocycles. The molecule has 3 heterocycles. The molecular formula is C24H36N2O7S. The highest BCUT2D eigenvalue weighted by Gasteiger charge is 2.22. The predicted octanol–water partition coefficient (Wildman–Crippen LogP) is 3.87. The van der Waals surface area contributed by atoms with E-state index in [9.17, 15) is 14.4 Å². The minimum absolute atomic E-state index is 0.145. The zero-order chi connectivity index (χ0) is 25.2. The van der Waals surface area contributed by atoms with Crippen molar-refractivity contribution >= 4 is 34.6 Å². The summed E-state index contributed by atoms with van der Waals surface area (Å²) in [5.74, 6) is 0.310. The summed E-state index contributed by atoms with van der Waals surface area (Å²) < 4.78 is 19.8. The normalized spacial score (nSPS) is 16.0. The second-order valence-electron chi connectivity index (χ2n) is 7.63. The lowest BCUT2D eigenvalue weighted by atomic mass is 9.98. The van der Waals surface area contributed by atoms with Crippen LogP contribution in [-0.4, -0.2) is 57.9 Å². The van der Waals surface area contributed by atoms with Gasteiger partial charge in [-0.1, -0.05) is 0 Å². The van der Waals surface area contributed by atoms with Crippen molar-refractivity contribution in [2.24, 2.45) is 5.92 Å². The van der Waals surface area contributed by atoms with E-state index in [1.165, 1.54) is 16.2 Å². The molecule has 0 radical (unpaired) electrons. The molecule has 9 nitrogen and oxygen atoms in total. The Labute approximate surface area is 205 Å². The van der Waals surface area contributed by atoms with Gasteiger partial charge < -0.3 is 29.5 Å². The molecule has 190 valence electrons. The summed E-state index contributed by atoms with van der Waals surface area (Å²) in [7, 11) is 0. The van der Waals surface area contributed by atoms with Crippen molar-refractivity contribution in [1.82, 2.24) is 0 Å². The number of nitrogen functional groups attached to an aromatic ring is 1. The number of nitriles is 1. The molecule has 0 spiro atoms. The SMILES string of the molecule is CCOC(=O)CC#N.CCOC(=O)c1cc(C2CCOCC2)sc1N.O=CCC1CCOCC1. The van der Waals surface area contributed by atoms with E-state index in [2.05, 4.69) is 4.74 Å². The van der Waals surface area contributed by atoms with Gasteiger partial charge in [-0.2, -0.15) is 5.26 Å². The third-order valence-corrected chi connectivity index (χ3v) is 6.32. The van der Waals surface area contributed by atoms with Crippen molar-refractivity contribution in [3.05, 3.63) is 16.5 Å². The molecule has 0 bridgehead atoms. The molecule has 2 aliphatic heterocycles. The van der Waals surface area contributed by atoms with Gasteiger partial charge in [0.25, 0.3) is 0 Å². The number of thiophene rings is 1. The Kier molecular flexibility index (Phi) is 15.6. The molecule has 0 saturated carbocycles. The maximum atomic E-state index is 11.6. The number of anilines is 1.